The van der Waals surface area contributed by atoms with Gasteiger partial charge in [-0.2, -0.15) is 0 Å². The molecule has 0 bridgehead atoms. The van der Waals surface area contributed by atoms with Crippen molar-refractivity contribution in [2.24, 2.45) is 11.7 Å². The predicted octanol–water partition coefficient (Wildman–Crippen LogP) is 1.90. The molecule has 1 heterocycles. The molecule has 1 aromatic rings. The highest BCUT2D eigenvalue weighted by molar-refractivity contribution is 5.94. The number of nitrogens with zero attached hydrogens (tertiary/aromatic N) is 1. The predicted molar refractivity (Wildman–Crippen MR) is 75.3 cm³/mol. The lowest BCUT2D eigenvalue weighted by molar-refractivity contribution is 0.0688. The lowest BCUT2D eigenvalue weighted by Crippen LogP contribution is -2.38. The van der Waals surface area contributed by atoms with E-state index in [0.29, 0.717) is 5.92 Å². The van der Waals surface area contributed by atoms with Crippen molar-refractivity contribution in [1.29, 1.82) is 0 Å². The molecule has 2 rings (SSSR count). The van der Waals surface area contributed by atoms with E-state index in [1.807, 2.05) is 29.2 Å². The van der Waals surface area contributed by atoms with Crippen LogP contribution in [-0.2, 0) is 0 Å². The van der Waals surface area contributed by atoms with Gasteiger partial charge in [0.1, 0.15) is 5.75 Å². The number of amides is 1. The zero-order chi connectivity index (χ0) is 13.7. The topological polar surface area (TPSA) is 55.6 Å². The molecule has 1 aliphatic heterocycles. The molecule has 0 aliphatic carbocycles. The molecule has 0 unspecified atom stereocenters. The van der Waals surface area contributed by atoms with Crippen LogP contribution in [0.3, 0.4) is 0 Å². The summed E-state index contributed by atoms with van der Waals surface area (Å²) in [5.74, 6) is 1.58. The molecule has 0 spiro atoms. The minimum absolute atomic E-state index is 0.119. The van der Waals surface area contributed by atoms with Crippen LogP contribution in [0.2, 0.25) is 0 Å². The van der Waals surface area contributed by atoms with Gasteiger partial charge in [-0.05, 0) is 56.0 Å². The van der Waals surface area contributed by atoms with E-state index in [9.17, 15) is 4.79 Å². The number of methoxy groups -OCH3 is 1. The van der Waals surface area contributed by atoms with Gasteiger partial charge in [-0.1, -0.05) is 0 Å². The van der Waals surface area contributed by atoms with E-state index in [1.165, 1.54) is 0 Å². The van der Waals surface area contributed by atoms with Crippen molar-refractivity contribution >= 4 is 5.91 Å². The molecule has 0 atom stereocenters. The molecule has 0 saturated carbocycles. The van der Waals surface area contributed by atoms with Crippen LogP contribution >= 0.6 is 0 Å². The molecule has 4 heteroatoms. The molecule has 0 aromatic heterocycles. The molecule has 1 aliphatic rings. The fourth-order valence-corrected chi connectivity index (χ4v) is 2.58. The molecule has 0 radical (unpaired) electrons. The maximum absolute atomic E-state index is 12.3. The van der Waals surface area contributed by atoms with Crippen molar-refractivity contribution in [3.63, 3.8) is 0 Å². The Bertz CT molecular complexity index is 409. The summed E-state index contributed by atoms with van der Waals surface area (Å²) in [6.07, 6.45) is 3.21. The van der Waals surface area contributed by atoms with Crippen LogP contribution in [0.25, 0.3) is 0 Å². The third kappa shape index (κ3) is 3.47. The van der Waals surface area contributed by atoms with Crippen molar-refractivity contribution in [2.45, 2.75) is 19.3 Å². The maximum atomic E-state index is 12.3. The van der Waals surface area contributed by atoms with Gasteiger partial charge in [-0.3, -0.25) is 4.79 Å². The van der Waals surface area contributed by atoms with Gasteiger partial charge in [0.25, 0.3) is 5.91 Å². The summed E-state index contributed by atoms with van der Waals surface area (Å²) in [7, 11) is 1.62. The van der Waals surface area contributed by atoms with Crippen molar-refractivity contribution in [3.8, 4) is 5.75 Å². The Labute approximate surface area is 114 Å². The third-order valence-corrected chi connectivity index (χ3v) is 3.81. The molecule has 104 valence electrons. The van der Waals surface area contributed by atoms with Crippen molar-refractivity contribution < 1.29 is 9.53 Å². The molecule has 1 fully saturated rings. The smallest absolute Gasteiger partial charge is 0.253 e. The van der Waals surface area contributed by atoms with Gasteiger partial charge in [-0.25, -0.2) is 0 Å². The van der Waals surface area contributed by atoms with E-state index in [1.54, 1.807) is 7.11 Å². The number of rotatable bonds is 4. The van der Waals surface area contributed by atoms with Crippen LogP contribution in [0.1, 0.15) is 29.6 Å². The summed E-state index contributed by atoms with van der Waals surface area (Å²) in [5.41, 5.74) is 6.31. The Morgan fingerprint density at radius 3 is 2.47 bits per heavy atom. The minimum atomic E-state index is 0.119. The molecular weight excluding hydrogens is 240 g/mol. The van der Waals surface area contributed by atoms with E-state index >= 15 is 0 Å². The molecule has 1 saturated heterocycles. The largest absolute Gasteiger partial charge is 0.497 e. The first-order valence-corrected chi connectivity index (χ1v) is 6.88. The van der Waals surface area contributed by atoms with Crippen molar-refractivity contribution in [1.82, 2.24) is 4.90 Å². The van der Waals surface area contributed by atoms with E-state index in [4.69, 9.17) is 10.5 Å². The van der Waals surface area contributed by atoms with Gasteiger partial charge < -0.3 is 15.4 Å². The fourth-order valence-electron chi connectivity index (χ4n) is 2.58. The zero-order valence-electron chi connectivity index (χ0n) is 11.5. The average molecular weight is 262 g/mol. The van der Waals surface area contributed by atoms with Gasteiger partial charge in [0.15, 0.2) is 0 Å². The van der Waals surface area contributed by atoms with Crippen LogP contribution in [0.4, 0.5) is 0 Å². The number of benzene rings is 1. The molecule has 1 aromatic carbocycles. The first kappa shape index (κ1) is 13.9. The Hall–Kier alpha value is -1.55. The summed E-state index contributed by atoms with van der Waals surface area (Å²) in [6, 6.07) is 7.31. The maximum Gasteiger partial charge on any atom is 0.253 e. The van der Waals surface area contributed by atoms with Gasteiger partial charge in [0.05, 0.1) is 7.11 Å². The lowest BCUT2D eigenvalue weighted by Gasteiger charge is -2.32. The van der Waals surface area contributed by atoms with E-state index in [0.717, 1.165) is 50.2 Å². The number of ether oxygens (including phenoxy) is 1. The van der Waals surface area contributed by atoms with Crippen LogP contribution in [0.5, 0.6) is 5.75 Å². The first-order valence-electron chi connectivity index (χ1n) is 6.88. The van der Waals surface area contributed by atoms with Crippen molar-refractivity contribution in [2.75, 3.05) is 26.7 Å². The van der Waals surface area contributed by atoms with Crippen LogP contribution < -0.4 is 10.5 Å². The first-order chi connectivity index (χ1) is 9.24. The number of hydrogen-bond acceptors (Lipinski definition) is 3. The standard InChI is InChI=1S/C15H22N2O2/c1-19-14-4-2-13(3-5-14)15(18)17-10-7-12(6-9-16)8-11-17/h2-5,12H,6-11,16H2,1H3. The normalized spacial score (nSPS) is 16.4. The monoisotopic (exact) mass is 262 g/mol. The Kier molecular flexibility index (Phi) is 4.80. The second-order valence-corrected chi connectivity index (χ2v) is 5.04. The van der Waals surface area contributed by atoms with Crippen molar-refractivity contribution in [3.05, 3.63) is 29.8 Å². The summed E-state index contributed by atoms with van der Waals surface area (Å²) in [5, 5.41) is 0. The quantitative estimate of drug-likeness (QED) is 0.901. The molecule has 4 nitrogen and oxygen atoms in total. The summed E-state index contributed by atoms with van der Waals surface area (Å²) >= 11 is 0. The summed E-state index contributed by atoms with van der Waals surface area (Å²) in [6.45, 7) is 2.43. The molecular formula is C15H22N2O2. The summed E-state index contributed by atoms with van der Waals surface area (Å²) < 4.78 is 5.10. The highest BCUT2D eigenvalue weighted by Crippen LogP contribution is 2.22. The second-order valence-electron chi connectivity index (χ2n) is 5.04. The third-order valence-electron chi connectivity index (χ3n) is 3.81. The summed E-state index contributed by atoms with van der Waals surface area (Å²) in [4.78, 5) is 14.3. The number of likely N-dealkylation sites (tertiary alicyclic amines) is 1. The molecule has 2 N–H and O–H groups in total. The number of carbonyl (C=O) groups is 1. The van der Waals surface area contributed by atoms with Gasteiger partial charge in [-0.15, -0.1) is 0 Å². The van der Waals surface area contributed by atoms with E-state index < -0.39 is 0 Å². The Balaban J connectivity index is 1.93. The van der Waals surface area contributed by atoms with Crippen LogP contribution in [-0.4, -0.2) is 37.6 Å². The zero-order valence-corrected chi connectivity index (χ0v) is 11.5. The van der Waals surface area contributed by atoms with Crippen LogP contribution in [0.15, 0.2) is 24.3 Å². The minimum Gasteiger partial charge on any atom is -0.497 e. The average Bonchev–Trinajstić information content (AvgIpc) is 2.48. The molecule has 19 heavy (non-hydrogen) atoms. The van der Waals surface area contributed by atoms with E-state index in [2.05, 4.69) is 0 Å². The fraction of sp³-hybridized carbons (Fsp3) is 0.533. The highest BCUT2D eigenvalue weighted by atomic mass is 16.5. The Morgan fingerprint density at radius 1 is 1.32 bits per heavy atom. The van der Waals surface area contributed by atoms with Gasteiger partial charge >= 0.3 is 0 Å². The number of carbonyl (C=O) groups excluding carboxylic acids is 1. The number of hydrogen-bond donors (Lipinski definition) is 1. The number of piperidine rings is 1. The number of nitrogens with two attached hydrogens (primary N) is 1. The van der Waals surface area contributed by atoms with Crippen LogP contribution in [0, 0.1) is 5.92 Å². The second kappa shape index (κ2) is 6.57. The van der Waals surface area contributed by atoms with E-state index in [-0.39, 0.29) is 5.91 Å². The molecule has 1 amide bonds. The lowest BCUT2D eigenvalue weighted by atomic mass is 9.93. The SMILES string of the molecule is COc1ccc(C(=O)N2CCC(CCN)CC2)cc1. The van der Waals surface area contributed by atoms with Gasteiger partial charge in [0.2, 0.25) is 0 Å². The highest BCUT2D eigenvalue weighted by Gasteiger charge is 2.23. The Morgan fingerprint density at radius 2 is 1.95 bits per heavy atom. The van der Waals surface area contributed by atoms with Gasteiger partial charge in [0, 0.05) is 18.7 Å².